The summed E-state index contributed by atoms with van der Waals surface area (Å²) in [6.45, 7) is 13.8. The van der Waals surface area contributed by atoms with Crippen molar-refractivity contribution < 1.29 is 44.6 Å². The van der Waals surface area contributed by atoms with Crippen molar-refractivity contribution in [2.45, 2.75) is 97.5 Å². The first-order valence-electron chi connectivity index (χ1n) is 16.6. The Bertz CT molecular complexity index is 1970. The minimum absolute atomic E-state index is 0.0280. The second-order valence-electron chi connectivity index (χ2n) is 13.8. The summed E-state index contributed by atoms with van der Waals surface area (Å²) in [5.74, 6) is -19.9. The van der Waals surface area contributed by atoms with Crippen LogP contribution in [0.25, 0.3) is 11.1 Å². The summed E-state index contributed by atoms with van der Waals surface area (Å²) >= 11 is 26.1. The average molecular weight is 831 g/mol. The predicted molar refractivity (Wildman–Crippen MR) is 194 cm³/mol. The van der Waals surface area contributed by atoms with Gasteiger partial charge in [0.25, 0.3) is 0 Å². The van der Waals surface area contributed by atoms with E-state index in [4.69, 9.17) is 55.9 Å². The van der Waals surface area contributed by atoms with E-state index in [1.807, 2.05) is 20.8 Å². The van der Waals surface area contributed by atoms with Gasteiger partial charge in [-0.3, -0.25) is 0 Å². The molecule has 0 amide bonds. The van der Waals surface area contributed by atoms with Crippen LogP contribution >= 0.6 is 46.4 Å². The van der Waals surface area contributed by atoms with Crippen LogP contribution in [0.15, 0.2) is 24.3 Å². The molecule has 0 fully saturated rings. The maximum atomic E-state index is 15.5. The molecule has 0 spiro atoms. The predicted octanol–water partition coefficient (Wildman–Crippen LogP) is 15.2. The molecule has 0 saturated heterocycles. The molecular weight excluding hydrogens is 794 g/mol. The van der Waals surface area contributed by atoms with Gasteiger partial charge in [-0.1, -0.05) is 94.9 Å². The number of halogens is 12. The normalized spacial score (nSPS) is 12.5. The molecule has 0 N–H and O–H groups in total. The van der Waals surface area contributed by atoms with Crippen LogP contribution in [-0.4, -0.2) is 5.60 Å². The van der Waals surface area contributed by atoms with Crippen LogP contribution in [0.4, 0.5) is 35.1 Å². The van der Waals surface area contributed by atoms with Gasteiger partial charge in [-0.25, -0.2) is 26.3 Å². The minimum atomic E-state index is -2.40. The largest absolute Gasteiger partial charge is 0.484 e. The molecular formula is C39H36Cl4F8O2. The lowest BCUT2D eigenvalue weighted by Gasteiger charge is -2.31. The zero-order chi connectivity index (χ0) is 40.1. The topological polar surface area (TPSA) is 18.5 Å². The molecule has 4 rings (SSSR count). The summed E-state index contributed by atoms with van der Waals surface area (Å²) < 4.78 is 134. The van der Waals surface area contributed by atoms with E-state index in [0.717, 1.165) is 0 Å². The van der Waals surface area contributed by atoms with E-state index in [2.05, 4.69) is 0 Å². The highest BCUT2D eigenvalue weighted by atomic mass is 35.5. The monoisotopic (exact) mass is 828 g/mol. The fraction of sp³-hybridized carbons (Fsp3) is 0.385. The Hall–Kier alpha value is -2.92. The van der Waals surface area contributed by atoms with Crippen molar-refractivity contribution in [3.63, 3.8) is 0 Å². The summed E-state index contributed by atoms with van der Waals surface area (Å²) in [4.78, 5) is 0. The zero-order valence-electron chi connectivity index (χ0n) is 30.0. The van der Waals surface area contributed by atoms with E-state index in [0.29, 0.717) is 29.7 Å². The SMILES string of the molecule is CCC(C)(CC)Oc1c(Cl)cc(C(C)(C)c2cc(Cl)c(Oc3c(F)c(F)c(-c4c(F)c(F)c(C(C)(CC)CC)c(F)c4F)c(F)c3F)c(Cl)c2)cc1Cl. The third-order valence-electron chi connectivity index (χ3n) is 10.4. The van der Waals surface area contributed by atoms with Gasteiger partial charge in [0, 0.05) is 11.0 Å². The van der Waals surface area contributed by atoms with Gasteiger partial charge in [-0.2, -0.15) is 8.78 Å². The molecule has 0 unspecified atom stereocenters. The van der Waals surface area contributed by atoms with Crippen molar-refractivity contribution in [2.75, 3.05) is 0 Å². The van der Waals surface area contributed by atoms with Gasteiger partial charge >= 0.3 is 0 Å². The third-order valence-corrected chi connectivity index (χ3v) is 11.5. The average Bonchev–Trinajstić information content (AvgIpc) is 3.11. The molecule has 0 atom stereocenters. The van der Waals surface area contributed by atoms with Crippen LogP contribution in [0.1, 0.15) is 97.8 Å². The quantitative estimate of drug-likeness (QED) is 0.105. The molecule has 0 saturated carbocycles. The van der Waals surface area contributed by atoms with Crippen molar-refractivity contribution in [1.29, 1.82) is 0 Å². The first kappa shape index (κ1) is 42.8. The highest BCUT2D eigenvalue weighted by molar-refractivity contribution is 6.38. The number of ether oxygens (including phenoxy) is 2. The number of hydrogen-bond acceptors (Lipinski definition) is 2. The van der Waals surface area contributed by atoms with E-state index in [9.17, 15) is 0 Å². The maximum absolute atomic E-state index is 15.5. The molecule has 0 radical (unpaired) electrons. The molecule has 0 aliphatic carbocycles. The molecule has 0 aromatic heterocycles. The van der Waals surface area contributed by atoms with Gasteiger partial charge in [-0.15, -0.1) is 0 Å². The molecule has 0 bridgehead atoms. The smallest absolute Gasteiger partial charge is 0.205 e. The highest BCUT2D eigenvalue weighted by Gasteiger charge is 2.39. The third kappa shape index (κ3) is 7.54. The lowest BCUT2D eigenvalue weighted by atomic mass is 9.76. The highest BCUT2D eigenvalue weighted by Crippen LogP contribution is 2.48. The van der Waals surface area contributed by atoms with E-state index in [1.165, 1.54) is 32.9 Å². The van der Waals surface area contributed by atoms with Gasteiger partial charge in [-0.05, 0) is 73.4 Å². The van der Waals surface area contributed by atoms with Crippen molar-refractivity contribution in [3.05, 3.63) is 108 Å². The van der Waals surface area contributed by atoms with Crippen LogP contribution in [0.3, 0.4) is 0 Å². The van der Waals surface area contributed by atoms with Crippen molar-refractivity contribution >= 4 is 46.4 Å². The van der Waals surface area contributed by atoms with E-state index in [1.54, 1.807) is 26.0 Å². The molecule has 14 heteroatoms. The first-order chi connectivity index (χ1) is 24.5. The van der Waals surface area contributed by atoms with E-state index < -0.39 is 91.2 Å². The molecule has 0 heterocycles. The molecule has 4 aromatic carbocycles. The lowest BCUT2D eigenvalue weighted by Crippen LogP contribution is -2.30. The number of hydrogen-bond donors (Lipinski definition) is 0. The molecule has 0 aliphatic rings. The van der Waals surface area contributed by atoms with Gasteiger partial charge in [0.2, 0.25) is 17.4 Å². The summed E-state index contributed by atoms with van der Waals surface area (Å²) in [6, 6.07) is 5.91. The van der Waals surface area contributed by atoms with Crippen molar-refractivity contribution in [1.82, 2.24) is 0 Å². The van der Waals surface area contributed by atoms with Crippen molar-refractivity contribution in [2.24, 2.45) is 0 Å². The summed E-state index contributed by atoms with van der Waals surface area (Å²) in [5, 5.41) is -0.277. The molecule has 0 aliphatic heterocycles. The lowest BCUT2D eigenvalue weighted by molar-refractivity contribution is 0.0805. The summed E-state index contributed by atoms with van der Waals surface area (Å²) in [5.41, 5.74) is -6.90. The van der Waals surface area contributed by atoms with Gasteiger partial charge in [0.1, 0.15) is 5.60 Å². The molecule has 4 aromatic rings. The Kier molecular flexibility index (Phi) is 12.7. The van der Waals surface area contributed by atoms with Crippen LogP contribution in [0, 0.1) is 46.5 Å². The Balaban J connectivity index is 1.79. The Morgan fingerprint density at radius 1 is 0.472 bits per heavy atom. The van der Waals surface area contributed by atoms with Crippen LogP contribution < -0.4 is 9.47 Å². The summed E-state index contributed by atoms with van der Waals surface area (Å²) in [6.07, 6.45) is 1.43. The standard InChI is InChI=1S/C39H36Cl4F8O2/c1-9-38(7,10-2)25-30(48)26(44)23(27(45)31(25)49)24-28(46)32(50)36(33(51)29(24)47)52-34-19(40)13-17(14-20(34)41)37(5,6)18-15-21(42)35(22(43)16-18)53-39(8,11-3)12-4/h13-16H,9-12H2,1-8H3. The second kappa shape index (κ2) is 15.7. The first-order valence-corrected chi connectivity index (χ1v) is 18.1. The Labute approximate surface area is 323 Å². The van der Waals surface area contributed by atoms with Crippen LogP contribution in [0.5, 0.6) is 17.2 Å². The van der Waals surface area contributed by atoms with Gasteiger partial charge in [0.05, 0.1) is 31.2 Å². The number of benzene rings is 4. The molecule has 53 heavy (non-hydrogen) atoms. The number of rotatable bonds is 12. The van der Waals surface area contributed by atoms with Crippen LogP contribution in [-0.2, 0) is 10.8 Å². The molecule has 2 nitrogen and oxygen atoms in total. The Morgan fingerprint density at radius 2 is 0.811 bits per heavy atom. The fourth-order valence-electron chi connectivity index (χ4n) is 5.85. The second-order valence-corrected chi connectivity index (χ2v) is 15.4. The minimum Gasteiger partial charge on any atom is -0.484 e. The van der Waals surface area contributed by atoms with Gasteiger partial charge < -0.3 is 9.47 Å². The van der Waals surface area contributed by atoms with Crippen LogP contribution in [0.2, 0.25) is 20.1 Å². The van der Waals surface area contributed by atoms with Gasteiger partial charge in [0.15, 0.2) is 46.4 Å². The maximum Gasteiger partial charge on any atom is 0.205 e. The van der Waals surface area contributed by atoms with Crippen molar-refractivity contribution in [3.8, 4) is 28.4 Å². The van der Waals surface area contributed by atoms with E-state index >= 15 is 35.1 Å². The summed E-state index contributed by atoms with van der Waals surface area (Å²) in [7, 11) is 0. The zero-order valence-corrected chi connectivity index (χ0v) is 33.0. The van der Waals surface area contributed by atoms with E-state index in [-0.39, 0.29) is 32.9 Å². The Morgan fingerprint density at radius 3 is 1.15 bits per heavy atom. The molecule has 288 valence electrons. The fourth-order valence-corrected chi connectivity index (χ4v) is 6.98.